The van der Waals surface area contributed by atoms with E-state index in [1.807, 2.05) is 6.92 Å². The van der Waals surface area contributed by atoms with Gasteiger partial charge in [-0.15, -0.1) is 0 Å². The third kappa shape index (κ3) is 4.04. The first kappa shape index (κ1) is 15.0. The number of nitrogens with zero attached hydrogens (tertiary/aromatic N) is 3. The van der Waals surface area contributed by atoms with Crippen LogP contribution in [0, 0.1) is 17.7 Å². The Morgan fingerprint density at radius 2 is 2.29 bits per heavy atom. The van der Waals surface area contributed by atoms with Gasteiger partial charge in [-0.05, 0) is 25.1 Å². The zero-order chi connectivity index (χ0) is 15.1. The zero-order valence-electron chi connectivity index (χ0n) is 11.7. The topological polar surface area (TPSA) is 60.2 Å². The van der Waals surface area contributed by atoms with E-state index in [0.717, 1.165) is 0 Å². The Bertz CT molecular complexity index is 658. The highest BCUT2D eigenvalue weighted by Crippen LogP contribution is 2.19. The van der Waals surface area contributed by atoms with Crippen LogP contribution in [0.3, 0.4) is 0 Å². The van der Waals surface area contributed by atoms with Gasteiger partial charge < -0.3 is 9.84 Å². The summed E-state index contributed by atoms with van der Waals surface area (Å²) in [5.74, 6) is 5.92. The lowest BCUT2D eigenvalue weighted by atomic mass is 10.2. The average molecular weight is 289 g/mol. The summed E-state index contributed by atoms with van der Waals surface area (Å²) < 4.78 is 20.9. The predicted octanol–water partition coefficient (Wildman–Crippen LogP) is 1.75. The fraction of sp³-hybridized carbons (Fsp3) is 0.333. The highest BCUT2D eigenvalue weighted by molar-refractivity contribution is 5.40. The van der Waals surface area contributed by atoms with Crippen molar-refractivity contribution in [1.29, 1.82) is 0 Å². The number of aryl methyl sites for hydroxylation is 1. The lowest BCUT2D eigenvalue weighted by Gasteiger charge is -2.08. The molecule has 0 bridgehead atoms. The van der Waals surface area contributed by atoms with E-state index in [0.29, 0.717) is 24.4 Å². The van der Waals surface area contributed by atoms with Gasteiger partial charge in [-0.2, -0.15) is 5.10 Å². The Hall–Kier alpha value is -2.39. The van der Waals surface area contributed by atoms with E-state index in [1.54, 1.807) is 10.7 Å². The maximum atomic E-state index is 13.7. The number of hydrogen-bond donors (Lipinski definition) is 1. The molecule has 1 aromatic heterocycles. The van der Waals surface area contributed by atoms with Crippen molar-refractivity contribution in [2.45, 2.75) is 26.5 Å². The molecule has 0 amide bonds. The highest BCUT2D eigenvalue weighted by atomic mass is 19.1. The van der Waals surface area contributed by atoms with Crippen LogP contribution in [0.4, 0.5) is 4.39 Å². The van der Waals surface area contributed by atoms with Gasteiger partial charge in [0.15, 0.2) is 17.4 Å². The minimum atomic E-state index is -0.453. The van der Waals surface area contributed by atoms with Crippen LogP contribution >= 0.6 is 0 Å². The standard InChI is InChI=1S/C15H16FN3O2/c1-2-19-15(17-11-18-19)10-21-14-9-12(5-3-4-8-20)6-7-13(14)16/h6-7,9,11,20H,2,4,8,10H2,1H3. The van der Waals surface area contributed by atoms with Crippen LogP contribution in [0.5, 0.6) is 5.75 Å². The van der Waals surface area contributed by atoms with Crippen molar-refractivity contribution in [3.63, 3.8) is 0 Å². The Balaban J connectivity index is 2.09. The molecule has 0 aliphatic carbocycles. The summed E-state index contributed by atoms with van der Waals surface area (Å²) in [6.07, 6.45) is 1.82. The molecule has 0 spiro atoms. The first-order valence-electron chi connectivity index (χ1n) is 6.63. The van der Waals surface area contributed by atoms with Gasteiger partial charge >= 0.3 is 0 Å². The van der Waals surface area contributed by atoms with E-state index in [4.69, 9.17) is 9.84 Å². The maximum absolute atomic E-state index is 13.7. The molecule has 21 heavy (non-hydrogen) atoms. The Morgan fingerprint density at radius 1 is 1.43 bits per heavy atom. The monoisotopic (exact) mass is 289 g/mol. The third-order valence-electron chi connectivity index (χ3n) is 2.75. The van der Waals surface area contributed by atoms with E-state index in [1.165, 1.54) is 18.5 Å². The summed E-state index contributed by atoms with van der Waals surface area (Å²) in [7, 11) is 0. The lowest BCUT2D eigenvalue weighted by molar-refractivity contribution is 0.273. The van der Waals surface area contributed by atoms with Crippen LogP contribution in [0.2, 0.25) is 0 Å². The van der Waals surface area contributed by atoms with Crippen LogP contribution in [-0.2, 0) is 13.2 Å². The van der Waals surface area contributed by atoms with Crippen molar-refractivity contribution >= 4 is 0 Å². The molecular weight excluding hydrogens is 273 g/mol. The molecule has 5 nitrogen and oxygen atoms in total. The largest absolute Gasteiger partial charge is 0.483 e. The van der Waals surface area contributed by atoms with Gasteiger partial charge in [0.05, 0.1) is 6.61 Å². The molecule has 1 heterocycles. The fourth-order valence-corrected chi connectivity index (χ4v) is 1.72. The molecule has 2 rings (SSSR count). The lowest BCUT2D eigenvalue weighted by Crippen LogP contribution is -2.07. The van der Waals surface area contributed by atoms with Crippen molar-refractivity contribution in [2.75, 3.05) is 6.61 Å². The number of benzene rings is 1. The minimum Gasteiger partial charge on any atom is -0.483 e. The minimum absolute atomic E-state index is 0.00419. The van der Waals surface area contributed by atoms with Gasteiger partial charge in [-0.1, -0.05) is 11.8 Å². The van der Waals surface area contributed by atoms with Crippen molar-refractivity contribution < 1.29 is 14.2 Å². The number of halogens is 1. The van der Waals surface area contributed by atoms with Gasteiger partial charge in [-0.3, -0.25) is 0 Å². The summed E-state index contributed by atoms with van der Waals surface area (Å²) in [5.41, 5.74) is 0.636. The normalized spacial score (nSPS) is 10.0. The molecule has 0 saturated carbocycles. The van der Waals surface area contributed by atoms with Crippen molar-refractivity contribution in [3.8, 4) is 17.6 Å². The number of aliphatic hydroxyl groups is 1. The third-order valence-corrected chi connectivity index (χ3v) is 2.75. The summed E-state index contributed by atoms with van der Waals surface area (Å²) in [6.45, 7) is 2.76. The second-order valence-electron chi connectivity index (χ2n) is 4.20. The molecule has 0 aliphatic heterocycles. The van der Waals surface area contributed by atoms with Crippen LogP contribution in [0.15, 0.2) is 24.5 Å². The van der Waals surface area contributed by atoms with Gasteiger partial charge in [0, 0.05) is 18.5 Å². The molecule has 0 atom stereocenters. The molecule has 0 fully saturated rings. The quantitative estimate of drug-likeness (QED) is 0.852. The zero-order valence-corrected chi connectivity index (χ0v) is 11.7. The summed E-state index contributed by atoms with van der Waals surface area (Å²) in [6, 6.07) is 4.41. The summed E-state index contributed by atoms with van der Waals surface area (Å²) in [5, 5.41) is 12.7. The number of aliphatic hydroxyl groups excluding tert-OH is 1. The highest BCUT2D eigenvalue weighted by Gasteiger charge is 2.07. The van der Waals surface area contributed by atoms with E-state index in [2.05, 4.69) is 21.9 Å². The van der Waals surface area contributed by atoms with E-state index < -0.39 is 5.82 Å². The van der Waals surface area contributed by atoms with Gasteiger partial charge in [0.2, 0.25) is 0 Å². The molecular formula is C15H16FN3O2. The SMILES string of the molecule is CCn1ncnc1COc1cc(C#CCCO)ccc1F. The van der Waals surface area contributed by atoms with Crippen LogP contribution in [0.25, 0.3) is 0 Å². The van der Waals surface area contributed by atoms with Crippen molar-refractivity contribution in [2.24, 2.45) is 0 Å². The Morgan fingerprint density at radius 3 is 3.05 bits per heavy atom. The number of hydrogen-bond acceptors (Lipinski definition) is 4. The molecule has 6 heteroatoms. The summed E-state index contributed by atoms with van der Waals surface area (Å²) in [4.78, 5) is 4.06. The number of ether oxygens (including phenoxy) is 1. The molecule has 1 aromatic carbocycles. The maximum Gasteiger partial charge on any atom is 0.165 e. The first-order valence-corrected chi connectivity index (χ1v) is 6.63. The van der Waals surface area contributed by atoms with Crippen LogP contribution in [-0.4, -0.2) is 26.5 Å². The predicted molar refractivity (Wildman–Crippen MR) is 75.0 cm³/mol. The Labute approximate surface area is 122 Å². The smallest absolute Gasteiger partial charge is 0.165 e. The van der Waals surface area contributed by atoms with E-state index >= 15 is 0 Å². The van der Waals surface area contributed by atoms with Gasteiger partial charge in [0.25, 0.3) is 0 Å². The van der Waals surface area contributed by atoms with Crippen molar-refractivity contribution in [3.05, 3.63) is 41.7 Å². The molecule has 0 radical (unpaired) electrons. The molecule has 2 aromatic rings. The molecule has 0 aliphatic rings. The number of rotatable bonds is 5. The van der Waals surface area contributed by atoms with E-state index in [9.17, 15) is 4.39 Å². The number of aromatic nitrogens is 3. The molecule has 0 unspecified atom stereocenters. The fourth-order valence-electron chi connectivity index (χ4n) is 1.72. The van der Waals surface area contributed by atoms with E-state index in [-0.39, 0.29) is 19.0 Å². The van der Waals surface area contributed by atoms with Crippen LogP contribution < -0.4 is 4.74 Å². The molecule has 1 N–H and O–H groups in total. The molecule has 0 saturated heterocycles. The van der Waals surface area contributed by atoms with Crippen LogP contribution in [0.1, 0.15) is 24.7 Å². The van der Waals surface area contributed by atoms with Gasteiger partial charge in [-0.25, -0.2) is 14.1 Å². The molecule has 110 valence electrons. The average Bonchev–Trinajstić information content (AvgIpc) is 2.95. The summed E-state index contributed by atoms with van der Waals surface area (Å²) >= 11 is 0. The Kier molecular flexibility index (Phi) is 5.29. The van der Waals surface area contributed by atoms with Crippen molar-refractivity contribution in [1.82, 2.24) is 14.8 Å². The second kappa shape index (κ2) is 7.41. The van der Waals surface area contributed by atoms with Gasteiger partial charge in [0.1, 0.15) is 12.9 Å². The first-order chi connectivity index (χ1) is 10.2. The second-order valence-corrected chi connectivity index (χ2v) is 4.20.